The van der Waals surface area contributed by atoms with Crippen LogP contribution in [0.3, 0.4) is 0 Å². The molecule has 0 saturated heterocycles. The third kappa shape index (κ3) is 5.55. The zero-order valence-electron chi connectivity index (χ0n) is 12.8. The first-order chi connectivity index (χ1) is 10.0. The fraction of sp³-hybridized carbons (Fsp3) is 0.500. The van der Waals surface area contributed by atoms with E-state index in [1.807, 2.05) is 44.2 Å². The van der Waals surface area contributed by atoms with E-state index >= 15 is 0 Å². The van der Waals surface area contributed by atoms with Crippen LogP contribution in [0.15, 0.2) is 30.3 Å². The molecule has 0 aromatic heterocycles. The van der Waals surface area contributed by atoms with Crippen LogP contribution < -0.4 is 16.4 Å². The van der Waals surface area contributed by atoms with Crippen molar-refractivity contribution >= 4 is 11.8 Å². The molecule has 116 valence electrons. The molecule has 0 saturated carbocycles. The second-order valence-corrected chi connectivity index (χ2v) is 5.18. The predicted octanol–water partition coefficient (Wildman–Crippen LogP) is 0.979. The summed E-state index contributed by atoms with van der Waals surface area (Å²) in [6.07, 6.45) is 1.81. The Kier molecular flexibility index (Phi) is 6.88. The second-order valence-electron chi connectivity index (χ2n) is 5.18. The number of hydrogen-bond acceptors (Lipinski definition) is 3. The van der Waals surface area contributed by atoms with Gasteiger partial charge in [-0.2, -0.15) is 0 Å². The molecule has 0 spiro atoms. The first kappa shape index (κ1) is 17.2. The van der Waals surface area contributed by atoms with Crippen molar-refractivity contribution in [3.63, 3.8) is 0 Å². The van der Waals surface area contributed by atoms with E-state index in [0.717, 1.165) is 18.4 Å². The first-order valence-electron chi connectivity index (χ1n) is 7.37. The number of amides is 2. The topological polar surface area (TPSA) is 84.2 Å². The highest BCUT2D eigenvalue weighted by Crippen LogP contribution is 2.12. The van der Waals surface area contributed by atoms with E-state index in [-0.39, 0.29) is 30.3 Å². The molecule has 0 aliphatic carbocycles. The number of nitrogens with one attached hydrogen (secondary N) is 2. The standard InChI is InChI=1S/C16H25N3O2/c1-3-16(4-2,12-17)19-15(21)11-18-14(20)10-13-8-6-5-7-9-13/h5-9H,3-4,10-12,17H2,1-2H3,(H,18,20)(H,19,21). The molecule has 21 heavy (non-hydrogen) atoms. The van der Waals surface area contributed by atoms with Gasteiger partial charge in [0.15, 0.2) is 0 Å². The number of benzene rings is 1. The molecule has 5 nitrogen and oxygen atoms in total. The van der Waals surface area contributed by atoms with Gasteiger partial charge in [-0.25, -0.2) is 0 Å². The van der Waals surface area contributed by atoms with E-state index in [1.165, 1.54) is 0 Å². The van der Waals surface area contributed by atoms with Crippen LogP contribution in [-0.4, -0.2) is 30.4 Å². The van der Waals surface area contributed by atoms with Gasteiger partial charge >= 0.3 is 0 Å². The highest BCUT2D eigenvalue weighted by molar-refractivity contribution is 5.86. The number of carbonyl (C=O) groups excluding carboxylic acids is 2. The maximum absolute atomic E-state index is 11.9. The van der Waals surface area contributed by atoms with Gasteiger partial charge in [0.25, 0.3) is 0 Å². The van der Waals surface area contributed by atoms with Gasteiger partial charge in [-0.3, -0.25) is 9.59 Å². The maximum atomic E-state index is 11.9. The summed E-state index contributed by atoms with van der Waals surface area (Å²) in [5.74, 6) is -0.367. The lowest BCUT2D eigenvalue weighted by atomic mass is 9.93. The SMILES string of the molecule is CCC(CC)(CN)NC(=O)CNC(=O)Cc1ccccc1. The van der Waals surface area contributed by atoms with Crippen LogP contribution in [0.2, 0.25) is 0 Å². The monoisotopic (exact) mass is 291 g/mol. The lowest BCUT2D eigenvalue weighted by molar-refractivity contribution is -0.126. The van der Waals surface area contributed by atoms with Crippen LogP contribution >= 0.6 is 0 Å². The lowest BCUT2D eigenvalue weighted by Crippen LogP contribution is -2.55. The third-order valence-electron chi connectivity index (χ3n) is 3.80. The molecule has 0 heterocycles. The van der Waals surface area contributed by atoms with Crippen molar-refractivity contribution in [2.75, 3.05) is 13.1 Å². The van der Waals surface area contributed by atoms with Crippen molar-refractivity contribution in [3.05, 3.63) is 35.9 Å². The summed E-state index contributed by atoms with van der Waals surface area (Å²) in [5, 5.41) is 5.55. The third-order valence-corrected chi connectivity index (χ3v) is 3.80. The minimum absolute atomic E-state index is 0.0204. The molecule has 1 aromatic rings. The van der Waals surface area contributed by atoms with E-state index in [4.69, 9.17) is 5.73 Å². The molecule has 1 aromatic carbocycles. The molecular weight excluding hydrogens is 266 g/mol. The average molecular weight is 291 g/mol. The van der Waals surface area contributed by atoms with Gasteiger partial charge in [-0.15, -0.1) is 0 Å². The van der Waals surface area contributed by atoms with Crippen LogP contribution in [0.5, 0.6) is 0 Å². The summed E-state index contributed by atoms with van der Waals surface area (Å²) in [4.78, 5) is 23.7. The molecule has 4 N–H and O–H groups in total. The number of rotatable bonds is 8. The van der Waals surface area contributed by atoms with E-state index in [0.29, 0.717) is 6.54 Å². The molecule has 0 unspecified atom stereocenters. The average Bonchev–Trinajstić information content (AvgIpc) is 2.52. The molecule has 1 rings (SSSR count). The lowest BCUT2D eigenvalue weighted by Gasteiger charge is -2.31. The Labute approximate surface area is 126 Å². The highest BCUT2D eigenvalue weighted by atomic mass is 16.2. The van der Waals surface area contributed by atoms with Crippen molar-refractivity contribution in [1.29, 1.82) is 0 Å². The largest absolute Gasteiger partial charge is 0.348 e. The zero-order valence-corrected chi connectivity index (χ0v) is 12.8. The van der Waals surface area contributed by atoms with Crippen molar-refractivity contribution in [1.82, 2.24) is 10.6 Å². The molecule has 0 radical (unpaired) electrons. The Balaban J connectivity index is 2.40. The van der Waals surface area contributed by atoms with E-state index in [1.54, 1.807) is 0 Å². The summed E-state index contributed by atoms with van der Waals surface area (Å²) in [6, 6.07) is 9.43. The van der Waals surface area contributed by atoms with Crippen LogP contribution in [0, 0.1) is 0 Å². The van der Waals surface area contributed by atoms with Gasteiger partial charge in [-0.05, 0) is 18.4 Å². The second kappa shape index (κ2) is 8.42. The highest BCUT2D eigenvalue weighted by Gasteiger charge is 2.26. The Morgan fingerprint density at radius 1 is 1.10 bits per heavy atom. The predicted molar refractivity (Wildman–Crippen MR) is 83.7 cm³/mol. The minimum atomic E-state index is -0.374. The van der Waals surface area contributed by atoms with E-state index in [2.05, 4.69) is 10.6 Å². The molecule has 5 heteroatoms. The Hall–Kier alpha value is -1.88. The van der Waals surface area contributed by atoms with E-state index < -0.39 is 0 Å². The minimum Gasteiger partial charge on any atom is -0.348 e. The molecular formula is C16H25N3O2. The Morgan fingerprint density at radius 3 is 2.24 bits per heavy atom. The summed E-state index contributed by atoms with van der Waals surface area (Å²) in [6.45, 7) is 4.35. The fourth-order valence-corrected chi connectivity index (χ4v) is 2.13. The van der Waals surface area contributed by atoms with Gasteiger partial charge < -0.3 is 16.4 Å². The quantitative estimate of drug-likeness (QED) is 0.667. The molecule has 0 atom stereocenters. The van der Waals surface area contributed by atoms with Crippen LogP contribution in [0.25, 0.3) is 0 Å². The van der Waals surface area contributed by atoms with Gasteiger partial charge in [0, 0.05) is 6.54 Å². The van der Waals surface area contributed by atoms with Crippen molar-refractivity contribution < 1.29 is 9.59 Å². The van der Waals surface area contributed by atoms with E-state index in [9.17, 15) is 9.59 Å². The van der Waals surface area contributed by atoms with Gasteiger partial charge in [-0.1, -0.05) is 44.2 Å². The van der Waals surface area contributed by atoms with Gasteiger partial charge in [0.05, 0.1) is 18.5 Å². The molecule has 0 aliphatic rings. The first-order valence-corrected chi connectivity index (χ1v) is 7.37. The van der Waals surface area contributed by atoms with Gasteiger partial charge in [0.2, 0.25) is 11.8 Å². The number of carbonyl (C=O) groups is 2. The Morgan fingerprint density at radius 2 is 1.71 bits per heavy atom. The summed E-state index contributed by atoms with van der Waals surface area (Å²) >= 11 is 0. The molecule has 0 bridgehead atoms. The normalized spacial score (nSPS) is 11.0. The van der Waals surface area contributed by atoms with Crippen molar-refractivity contribution in [2.24, 2.45) is 5.73 Å². The molecule has 0 aliphatic heterocycles. The van der Waals surface area contributed by atoms with Gasteiger partial charge in [0.1, 0.15) is 0 Å². The van der Waals surface area contributed by atoms with Crippen LogP contribution in [0.1, 0.15) is 32.3 Å². The van der Waals surface area contributed by atoms with Crippen molar-refractivity contribution in [3.8, 4) is 0 Å². The summed E-state index contributed by atoms with van der Waals surface area (Å²) < 4.78 is 0. The molecule has 0 fully saturated rings. The summed E-state index contributed by atoms with van der Waals surface area (Å²) in [5.41, 5.74) is 6.28. The summed E-state index contributed by atoms with van der Waals surface area (Å²) in [7, 11) is 0. The van der Waals surface area contributed by atoms with Crippen molar-refractivity contribution in [2.45, 2.75) is 38.6 Å². The zero-order chi connectivity index (χ0) is 15.7. The molecule has 2 amide bonds. The Bertz CT molecular complexity index is 448. The smallest absolute Gasteiger partial charge is 0.239 e. The fourth-order valence-electron chi connectivity index (χ4n) is 2.13. The maximum Gasteiger partial charge on any atom is 0.239 e. The van der Waals surface area contributed by atoms with Crippen LogP contribution in [0.4, 0.5) is 0 Å². The number of nitrogens with two attached hydrogens (primary N) is 1. The number of hydrogen-bond donors (Lipinski definition) is 3. The van der Waals surface area contributed by atoms with Crippen LogP contribution in [-0.2, 0) is 16.0 Å².